The van der Waals surface area contributed by atoms with Crippen molar-refractivity contribution in [2.24, 2.45) is 0 Å². The van der Waals surface area contributed by atoms with Crippen molar-refractivity contribution in [2.45, 2.75) is 74.7 Å². The highest BCUT2D eigenvalue weighted by molar-refractivity contribution is 8.00. The molecule has 6 aromatic rings. The van der Waals surface area contributed by atoms with Crippen LogP contribution in [0.2, 0.25) is 0 Å². The van der Waals surface area contributed by atoms with Crippen molar-refractivity contribution in [3.8, 4) is 22.8 Å². The molecule has 0 aliphatic rings. The highest BCUT2D eigenvalue weighted by atomic mass is 32.2. The van der Waals surface area contributed by atoms with Gasteiger partial charge in [-0.25, -0.2) is 9.36 Å². The first-order valence-electron chi connectivity index (χ1n) is 18.7. The molecule has 4 heterocycles. The highest BCUT2D eigenvalue weighted by Gasteiger charge is 2.35. The lowest BCUT2D eigenvalue weighted by Crippen LogP contribution is -2.50. The molecule has 58 heavy (non-hydrogen) atoms. The molecule has 4 aromatic heterocycles. The SMILES string of the molecule is C=CCC(Sc1nnc(-c2cccnc2)n1C(=O)OC(C)(C)C[n+]1[nH]c(-c2cccnc2)nc1SCC(=O)Nc1ccc(CC)cc1)C(=O)Nc1ccc(CC)cc1. The maximum absolute atomic E-state index is 14.3. The summed E-state index contributed by atoms with van der Waals surface area (Å²) in [5, 5.41) is 17.9. The zero-order chi connectivity index (χ0) is 41.1. The summed E-state index contributed by atoms with van der Waals surface area (Å²) >= 11 is 2.32. The molecule has 0 saturated heterocycles. The number of carbonyl (C=O) groups is 3. The molecule has 6 rings (SSSR count). The first-order chi connectivity index (χ1) is 28.0. The van der Waals surface area contributed by atoms with Gasteiger partial charge in [0.25, 0.3) is 5.82 Å². The largest absolute Gasteiger partial charge is 0.439 e. The third-order valence-corrected chi connectivity index (χ3v) is 10.9. The number of benzene rings is 2. The molecule has 1 atom stereocenters. The van der Waals surface area contributed by atoms with E-state index in [0.717, 1.165) is 35.7 Å². The number of amides is 2. The number of ether oxygens (including phenoxy) is 1. The van der Waals surface area contributed by atoms with E-state index in [-0.39, 0.29) is 35.1 Å². The van der Waals surface area contributed by atoms with E-state index >= 15 is 0 Å². The highest BCUT2D eigenvalue weighted by Crippen LogP contribution is 2.30. The minimum absolute atomic E-state index is 0.0757. The van der Waals surface area contributed by atoms with Crippen molar-refractivity contribution in [3.63, 3.8) is 0 Å². The number of thioether (sulfide) groups is 2. The van der Waals surface area contributed by atoms with Crippen LogP contribution >= 0.6 is 23.5 Å². The van der Waals surface area contributed by atoms with Gasteiger partial charge in [0.2, 0.25) is 17.0 Å². The number of anilines is 2. The van der Waals surface area contributed by atoms with Crippen LogP contribution in [0.4, 0.5) is 16.2 Å². The summed E-state index contributed by atoms with van der Waals surface area (Å²) < 4.78 is 9.22. The van der Waals surface area contributed by atoms with Gasteiger partial charge >= 0.3 is 11.2 Å². The summed E-state index contributed by atoms with van der Waals surface area (Å²) in [6.45, 7) is 11.7. The van der Waals surface area contributed by atoms with E-state index < -0.39 is 16.9 Å². The van der Waals surface area contributed by atoms with Gasteiger partial charge in [0.05, 0.1) is 16.6 Å². The van der Waals surface area contributed by atoms with Crippen molar-refractivity contribution < 1.29 is 23.8 Å². The number of nitrogens with one attached hydrogen (secondary N) is 3. The number of aromatic amines is 1. The standard InChI is InChI=1S/C42H44N10O4S2/c1-6-11-34(38(54)46-33-20-16-29(8-3)17-21-33)58-40-49-48-37(31-13-10-23-44-25-31)52(40)41(55)56-42(4,5)27-51-39(47-36(50-51)30-12-9-22-43-24-30)57-26-35(53)45-32-18-14-28(7-2)15-19-32/h6,9-10,12-25,34H,1,7-8,11,26-27H2,2-5H3,(H2,45,46,53,54)/p+1. The van der Waals surface area contributed by atoms with Gasteiger partial charge in [0.15, 0.2) is 12.4 Å². The Hall–Kier alpha value is -6.13. The molecule has 16 heteroatoms. The number of aromatic nitrogens is 8. The van der Waals surface area contributed by atoms with Gasteiger partial charge in [0, 0.05) is 41.7 Å². The maximum atomic E-state index is 14.3. The Kier molecular flexibility index (Phi) is 13.8. The molecule has 3 N–H and O–H groups in total. The van der Waals surface area contributed by atoms with Crippen LogP contribution in [0.3, 0.4) is 0 Å². The number of hydrogen-bond donors (Lipinski definition) is 3. The molecular formula is C42H45N10O4S2+. The summed E-state index contributed by atoms with van der Waals surface area (Å²) in [5.41, 5.74) is 3.80. The van der Waals surface area contributed by atoms with Crippen molar-refractivity contribution in [1.82, 2.24) is 34.8 Å². The third kappa shape index (κ3) is 10.8. The first kappa shape index (κ1) is 41.5. The number of allylic oxidation sites excluding steroid dienone is 1. The molecule has 298 valence electrons. The fraction of sp³-hybridized carbons (Fsp3) is 0.262. The van der Waals surface area contributed by atoms with Gasteiger partial charge in [-0.2, -0.15) is 5.10 Å². The number of nitrogens with zero attached hydrogens (tertiary/aromatic N) is 7. The molecule has 0 saturated carbocycles. The predicted octanol–water partition coefficient (Wildman–Crippen LogP) is 7.41. The molecule has 2 aromatic carbocycles. The van der Waals surface area contributed by atoms with Crippen LogP contribution in [0.25, 0.3) is 22.8 Å². The number of H-pyrrole nitrogens is 1. The van der Waals surface area contributed by atoms with Crippen molar-refractivity contribution >= 4 is 52.8 Å². The van der Waals surface area contributed by atoms with Crippen molar-refractivity contribution in [1.29, 1.82) is 0 Å². The lowest BCUT2D eigenvalue weighted by molar-refractivity contribution is -0.793. The third-order valence-electron chi connectivity index (χ3n) is 8.78. The number of hydrogen-bond acceptors (Lipinski definition) is 11. The quantitative estimate of drug-likeness (QED) is 0.0475. The van der Waals surface area contributed by atoms with Crippen molar-refractivity contribution in [3.05, 3.63) is 121 Å². The zero-order valence-corrected chi connectivity index (χ0v) is 34.3. The molecule has 2 amide bonds. The normalized spacial score (nSPS) is 11.8. The van der Waals surface area contributed by atoms with Crippen LogP contribution in [0.1, 0.15) is 45.2 Å². The van der Waals surface area contributed by atoms with Gasteiger partial charge in [-0.05, 0) is 110 Å². The monoisotopic (exact) mass is 817 g/mol. The van der Waals surface area contributed by atoms with Gasteiger partial charge < -0.3 is 15.4 Å². The lowest BCUT2D eigenvalue weighted by Gasteiger charge is -2.24. The summed E-state index contributed by atoms with van der Waals surface area (Å²) in [7, 11) is 0. The van der Waals surface area contributed by atoms with Crippen LogP contribution in [-0.4, -0.2) is 69.3 Å². The average Bonchev–Trinajstić information content (AvgIpc) is 3.84. The Labute approximate surface area is 345 Å². The molecule has 0 bridgehead atoms. The van der Waals surface area contributed by atoms with Crippen LogP contribution in [0.15, 0.2) is 121 Å². The Morgan fingerprint density at radius 3 is 2.10 bits per heavy atom. The molecule has 0 aliphatic heterocycles. The van der Waals surface area contributed by atoms with E-state index in [1.165, 1.54) is 21.9 Å². The summed E-state index contributed by atoms with van der Waals surface area (Å²) in [4.78, 5) is 54.2. The topological polar surface area (TPSA) is 174 Å². The number of pyridine rings is 2. The van der Waals surface area contributed by atoms with E-state index in [0.29, 0.717) is 34.3 Å². The summed E-state index contributed by atoms with van der Waals surface area (Å²) in [5.74, 6) is 0.317. The molecule has 0 spiro atoms. The van der Waals surface area contributed by atoms with Crippen LogP contribution in [-0.2, 0) is 33.7 Å². The van der Waals surface area contributed by atoms with E-state index in [1.54, 1.807) is 67.6 Å². The smallest absolute Gasteiger partial charge is 0.422 e. The predicted molar refractivity (Wildman–Crippen MR) is 225 cm³/mol. The van der Waals surface area contributed by atoms with Gasteiger partial charge in [-0.1, -0.05) is 56.0 Å². The molecule has 14 nitrogen and oxygen atoms in total. The number of carbonyl (C=O) groups excluding carboxylic acids is 3. The summed E-state index contributed by atoms with van der Waals surface area (Å²) in [6.07, 6.45) is 9.50. The second kappa shape index (κ2) is 19.3. The Bertz CT molecular complexity index is 2330. The van der Waals surface area contributed by atoms with Crippen LogP contribution in [0, 0.1) is 0 Å². The maximum Gasteiger partial charge on any atom is 0.422 e. The minimum Gasteiger partial charge on any atom is -0.439 e. The molecule has 1 unspecified atom stereocenters. The van der Waals surface area contributed by atoms with Gasteiger partial charge in [0.1, 0.15) is 5.60 Å². The van der Waals surface area contributed by atoms with E-state index in [2.05, 4.69) is 56.3 Å². The van der Waals surface area contributed by atoms with E-state index in [1.807, 2.05) is 54.6 Å². The number of aryl methyl sites for hydroxylation is 2. The van der Waals surface area contributed by atoms with E-state index in [9.17, 15) is 14.4 Å². The first-order valence-corrected chi connectivity index (χ1v) is 20.6. The zero-order valence-electron chi connectivity index (χ0n) is 32.7. The molecular weight excluding hydrogens is 773 g/mol. The minimum atomic E-state index is -1.15. The Morgan fingerprint density at radius 1 is 0.897 bits per heavy atom. The van der Waals surface area contributed by atoms with E-state index in [4.69, 9.17) is 9.72 Å². The number of rotatable bonds is 17. The Morgan fingerprint density at radius 2 is 1.52 bits per heavy atom. The fourth-order valence-corrected chi connectivity index (χ4v) is 7.54. The van der Waals surface area contributed by atoms with Crippen LogP contribution < -0.4 is 15.3 Å². The van der Waals surface area contributed by atoms with Crippen molar-refractivity contribution in [2.75, 3.05) is 16.4 Å². The molecule has 0 fully saturated rings. The molecule has 0 aliphatic carbocycles. The molecule has 0 radical (unpaired) electrons. The van der Waals surface area contributed by atoms with Gasteiger partial charge in [-0.3, -0.25) is 19.6 Å². The fourth-order valence-electron chi connectivity index (χ4n) is 5.78. The second-order valence-electron chi connectivity index (χ2n) is 13.8. The van der Waals surface area contributed by atoms with Crippen LogP contribution in [0.5, 0.6) is 0 Å². The lowest BCUT2D eigenvalue weighted by atomic mass is 10.1. The Balaban J connectivity index is 1.23. The summed E-state index contributed by atoms with van der Waals surface area (Å²) in [6, 6.07) is 22.5. The van der Waals surface area contributed by atoms with Gasteiger partial charge in [-0.15, -0.1) is 21.5 Å². The second-order valence-corrected chi connectivity index (χ2v) is 15.9. The average molecular weight is 818 g/mol.